The maximum Gasteiger partial charge on any atom is 0.274 e. The number of para-hydroxylation sites is 1. The molecule has 1 aromatic heterocycles. The van der Waals surface area contributed by atoms with Gasteiger partial charge in [0.15, 0.2) is 5.69 Å². The van der Waals surface area contributed by atoms with Gasteiger partial charge in [0, 0.05) is 24.8 Å². The molecule has 0 radical (unpaired) electrons. The van der Waals surface area contributed by atoms with Gasteiger partial charge in [-0.25, -0.2) is 4.68 Å². The van der Waals surface area contributed by atoms with Crippen LogP contribution in [0.3, 0.4) is 0 Å². The summed E-state index contributed by atoms with van der Waals surface area (Å²) in [7, 11) is 3.47. The zero-order chi connectivity index (χ0) is 18.8. The maximum atomic E-state index is 13.1. The summed E-state index contributed by atoms with van der Waals surface area (Å²) in [5.74, 6) is 0.758. The Bertz CT molecular complexity index is 963. The zero-order valence-electron chi connectivity index (χ0n) is 15.7. The van der Waals surface area contributed by atoms with Gasteiger partial charge in [-0.1, -0.05) is 30.3 Å². The van der Waals surface area contributed by atoms with Crippen LogP contribution in [0, 0.1) is 0 Å². The smallest absolute Gasteiger partial charge is 0.274 e. The summed E-state index contributed by atoms with van der Waals surface area (Å²) in [5, 5.41) is 4.70. The molecule has 0 spiro atoms. The number of benzene rings is 2. The van der Waals surface area contributed by atoms with Gasteiger partial charge in [0.2, 0.25) is 0 Å². The number of fused-ring (bicyclic) bond motifs is 1. The highest BCUT2D eigenvalue weighted by atomic mass is 16.5. The van der Waals surface area contributed by atoms with Crippen LogP contribution in [-0.2, 0) is 19.4 Å². The zero-order valence-corrected chi connectivity index (χ0v) is 15.7. The van der Waals surface area contributed by atoms with Crippen LogP contribution in [0.4, 0.5) is 0 Å². The SMILES string of the molecule is COc1cccc(CN(C)C(=O)c2nn(-c3ccccc3)c3c2CCC3)c1. The molecule has 27 heavy (non-hydrogen) atoms. The number of nitrogens with zero attached hydrogens (tertiary/aromatic N) is 3. The Morgan fingerprint density at radius 3 is 2.74 bits per heavy atom. The quantitative estimate of drug-likeness (QED) is 0.697. The van der Waals surface area contributed by atoms with E-state index in [1.54, 1.807) is 12.0 Å². The fraction of sp³-hybridized carbons (Fsp3) is 0.273. The van der Waals surface area contributed by atoms with Gasteiger partial charge in [0.25, 0.3) is 5.91 Å². The predicted molar refractivity (Wildman–Crippen MR) is 104 cm³/mol. The topological polar surface area (TPSA) is 47.4 Å². The van der Waals surface area contributed by atoms with Crippen LogP contribution >= 0.6 is 0 Å². The molecule has 0 saturated heterocycles. The van der Waals surface area contributed by atoms with Gasteiger partial charge in [-0.3, -0.25) is 4.79 Å². The van der Waals surface area contributed by atoms with Gasteiger partial charge in [-0.2, -0.15) is 5.10 Å². The van der Waals surface area contributed by atoms with E-state index in [-0.39, 0.29) is 5.91 Å². The monoisotopic (exact) mass is 361 g/mol. The first-order valence-corrected chi connectivity index (χ1v) is 9.22. The minimum atomic E-state index is -0.0364. The van der Waals surface area contributed by atoms with E-state index >= 15 is 0 Å². The number of amides is 1. The number of rotatable bonds is 5. The summed E-state index contributed by atoms with van der Waals surface area (Å²) < 4.78 is 7.21. The molecule has 0 atom stereocenters. The molecule has 0 unspecified atom stereocenters. The first-order chi connectivity index (χ1) is 13.2. The maximum absolute atomic E-state index is 13.1. The highest BCUT2D eigenvalue weighted by molar-refractivity contribution is 5.94. The molecule has 1 heterocycles. The van der Waals surface area contributed by atoms with E-state index < -0.39 is 0 Å². The first-order valence-electron chi connectivity index (χ1n) is 9.22. The molecule has 0 fully saturated rings. The predicted octanol–water partition coefficient (Wildman–Crippen LogP) is 3.64. The van der Waals surface area contributed by atoms with E-state index in [0.717, 1.165) is 41.8 Å². The van der Waals surface area contributed by atoms with Crippen molar-refractivity contribution in [2.75, 3.05) is 14.2 Å². The summed E-state index contributed by atoms with van der Waals surface area (Å²) in [6.07, 6.45) is 2.94. The summed E-state index contributed by atoms with van der Waals surface area (Å²) in [6.45, 7) is 0.517. The second kappa shape index (κ2) is 7.27. The highest BCUT2D eigenvalue weighted by Crippen LogP contribution is 2.28. The number of hydrogen-bond donors (Lipinski definition) is 0. The van der Waals surface area contributed by atoms with Crippen LogP contribution in [-0.4, -0.2) is 34.7 Å². The summed E-state index contributed by atoms with van der Waals surface area (Å²) in [5.41, 5.74) is 4.88. The van der Waals surface area contributed by atoms with Crippen molar-refractivity contribution in [2.24, 2.45) is 0 Å². The molecule has 0 N–H and O–H groups in total. The Kier molecular flexibility index (Phi) is 4.67. The van der Waals surface area contributed by atoms with Crippen molar-refractivity contribution in [1.29, 1.82) is 0 Å². The Morgan fingerprint density at radius 1 is 1.15 bits per heavy atom. The van der Waals surface area contributed by atoms with Crippen LogP contribution in [0.2, 0.25) is 0 Å². The van der Waals surface area contributed by atoms with Crippen molar-refractivity contribution >= 4 is 5.91 Å². The van der Waals surface area contributed by atoms with Gasteiger partial charge in [0.05, 0.1) is 12.8 Å². The average Bonchev–Trinajstić information content (AvgIpc) is 3.31. The molecule has 1 amide bonds. The van der Waals surface area contributed by atoms with Crippen molar-refractivity contribution in [3.05, 3.63) is 77.1 Å². The molecule has 0 aliphatic heterocycles. The van der Waals surface area contributed by atoms with Gasteiger partial charge in [-0.05, 0) is 49.1 Å². The number of carbonyl (C=O) groups excluding carboxylic acids is 1. The van der Waals surface area contributed by atoms with E-state index in [1.165, 1.54) is 5.69 Å². The fourth-order valence-corrected chi connectivity index (χ4v) is 3.69. The van der Waals surface area contributed by atoms with E-state index in [0.29, 0.717) is 12.2 Å². The largest absolute Gasteiger partial charge is 0.497 e. The van der Waals surface area contributed by atoms with Crippen molar-refractivity contribution in [2.45, 2.75) is 25.8 Å². The Hall–Kier alpha value is -3.08. The normalized spacial score (nSPS) is 12.7. The molecule has 5 heteroatoms. The molecule has 0 bridgehead atoms. The van der Waals surface area contributed by atoms with Crippen molar-refractivity contribution < 1.29 is 9.53 Å². The number of hydrogen-bond acceptors (Lipinski definition) is 3. The third-order valence-corrected chi connectivity index (χ3v) is 5.03. The lowest BCUT2D eigenvalue weighted by Gasteiger charge is -2.17. The van der Waals surface area contributed by atoms with Crippen LogP contribution in [0.15, 0.2) is 54.6 Å². The third-order valence-electron chi connectivity index (χ3n) is 5.03. The van der Waals surface area contributed by atoms with E-state index in [9.17, 15) is 4.79 Å². The van der Waals surface area contributed by atoms with Gasteiger partial charge >= 0.3 is 0 Å². The first kappa shape index (κ1) is 17.3. The molecular formula is C22H23N3O2. The van der Waals surface area contributed by atoms with Crippen LogP contribution < -0.4 is 4.74 Å². The second-order valence-corrected chi connectivity index (χ2v) is 6.89. The lowest BCUT2D eigenvalue weighted by molar-refractivity contribution is 0.0777. The van der Waals surface area contributed by atoms with Gasteiger partial charge < -0.3 is 9.64 Å². The van der Waals surface area contributed by atoms with Gasteiger partial charge in [-0.15, -0.1) is 0 Å². The number of carbonyl (C=O) groups is 1. The molecular weight excluding hydrogens is 338 g/mol. The molecule has 4 rings (SSSR count). The highest BCUT2D eigenvalue weighted by Gasteiger charge is 2.28. The number of aromatic nitrogens is 2. The van der Waals surface area contributed by atoms with E-state index in [2.05, 4.69) is 0 Å². The lowest BCUT2D eigenvalue weighted by Crippen LogP contribution is -2.27. The van der Waals surface area contributed by atoms with Crippen molar-refractivity contribution in [1.82, 2.24) is 14.7 Å². The minimum Gasteiger partial charge on any atom is -0.497 e. The summed E-state index contributed by atoms with van der Waals surface area (Å²) in [6, 6.07) is 17.8. The summed E-state index contributed by atoms with van der Waals surface area (Å²) >= 11 is 0. The van der Waals surface area contributed by atoms with Crippen LogP contribution in [0.1, 0.15) is 33.7 Å². The summed E-state index contributed by atoms with van der Waals surface area (Å²) in [4.78, 5) is 14.9. The van der Waals surface area contributed by atoms with Crippen molar-refractivity contribution in [3.8, 4) is 11.4 Å². The molecule has 138 valence electrons. The molecule has 2 aromatic carbocycles. The Balaban J connectivity index is 1.62. The second-order valence-electron chi connectivity index (χ2n) is 6.89. The van der Waals surface area contributed by atoms with Crippen molar-refractivity contribution in [3.63, 3.8) is 0 Å². The van der Waals surface area contributed by atoms with Crippen LogP contribution in [0.25, 0.3) is 5.69 Å². The standard InChI is InChI=1S/C22H23N3O2/c1-24(15-16-8-6-11-18(14-16)27-2)22(26)21-19-12-7-13-20(19)25(23-21)17-9-4-3-5-10-17/h3-6,8-11,14H,7,12-13,15H2,1-2H3. The Morgan fingerprint density at radius 2 is 1.96 bits per heavy atom. The molecule has 1 aliphatic carbocycles. The average molecular weight is 361 g/mol. The minimum absolute atomic E-state index is 0.0364. The lowest BCUT2D eigenvalue weighted by atomic mass is 10.1. The molecule has 0 saturated carbocycles. The van der Waals surface area contributed by atoms with Crippen LogP contribution in [0.5, 0.6) is 5.75 Å². The number of methoxy groups -OCH3 is 1. The van der Waals surface area contributed by atoms with E-state index in [4.69, 9.17) is 9.84 Å². The third kappa shape index (κ3) is 3.33. The Labute approximate surface area is 159 Å². The van der Waals surface area contributed by atoms with Gasteiger partial charge in [0.1, 0.15) is 5.75 Å². The molecule has 5 nitrogen and oxygen atoms in total. The number of ether oxygens (including phenoxy) is 1. The fourth-order valence-electron chi connectivity index (χ4n) is 3.69. The molecule has 1 aliphatic rings. The van der Waals surface area contributed by atoms with E-state index in [1.807, 2.05) is 66.3 Å². The molecule has 3 aromatic rings.